The van der Waals surface area contributed by atoms with Crippen LogP contribution >= 0.6 is 38.9 Å². The van der Waals surface area contributed by atoms with Gasteiger partial charge in [0.15, 0.2) is 0 Å². The average Bonchev–Trinajstić information content (AvgIpc) is 2.65. The van der Waals surface area contributed by atoms with Crippen LogP contribution in [0.4, 0.5) is 0 Å². The average molecular weight is 302 g/mol. The van der Waals surface area contributed by atoms with Crippen molar-refractivity contribution in [2.75, 3.05) is 0 Å². The lowest BCUT2D eigenvalue weighted by Gasteiger charge is -2.09. The van der Waals surface area contributed by atoms with Crippen molar-refractivity contribution in [1.29, 1.82) is 0 Å². The number of halogens is 2. The monoisotopic (exact) mass is 300 g/mol. The molecule has 1 unspecified atom stereocenters. The minimum atomic E-state index is 0.199. The lowest BCUT2D eigenvalue weighted by atomic mass is 10.1. The van der Waals surface area contributed by atoms with Gasteiger partial charge in [0, 0.05) is 14.8 Å². The minimum absolute atomic E-state index is 0.199. The summed E-state index contributed by atoms with van der Waals surface area (Å²) in [6, 6.07) is 12.2. The van der Waals surface area contributed by atoms with Gasteiger partial charge in [0.1, 0.15) is 0 Å². The predicted octanol–water partition coefficient (Wildman–Crippen LogP) is 5.19. The van der Waals surface area contributed by atoms with Crippen molar-refractivity contribution < 1.29 is 0 Å². The molecule has 15 heavy (non-hydrogen) atoms. The quantitative estimate of drug-likeness (QED) is 0.669. The molecule has 0 aliphatic rings. The molecule has 0 aliphatic carbocycles. The Morgan fingerprint density at radius 2 is 1.93 bits per heavy atom. The molecule has 0 amide bonds. The summed E-state index contributed by atoms with van der Waals surface area (Å²) in [6.07, 6.45) is 0. The summed E-state index contributed by atoms with van der Waals surface area (Å²) >= 11 is 11.6. The maximum Gasteiger partial charge on any atom is 0.0752 e. The van der Waals surface area contributed by atoms with Crippen molar-refractivity contribution in [3.05, 3.63) is 56.7 Å². The molecule has 0 spiro atoms. The van der Waals surface area contributed by atoms with Crippen LogP contribution < -0.4 is 0 Å². The lowest BCUT2D eigenvalue weighted by Crippen LogP contribution is -1.89. The molecular formula is C12H10BrClS. The summed E-state index contributed by atoms with van der Waals surface area (Å²) in [5, 5.41) is 0.811. The van der Waals surface area contributed by atoms with Crippen LogP contribution in [0.2, 0.25) is 5.02 Å². The number of alkyl halides is 1. The molecule has 1 atom stereocenters. The fraction of sp³-hybridized carbons (Fsp3) is 0.167. The van der Waals surface area contributed by atoms with Crippen molar-refractivity contribution in [3.8, 4) is 0 Å². The third-order valence-electron chi connectivity index (χ3n) is 2.19. The number of thiophene rings is 1. The molecule has 0 saturated heterocycles. The maximum atomic E-state index is 6.15. The van der Waals surface area contributed by atoms with E-state index in [0.29, 0.717) is 0 Å². The standard InChI is InChI=1S/C12H10BrClS/c1-8-6-7-11(15-8)12(13)9-4-2-3-5-10(9)14/h2-7,12H,1H3. The van der Waals surface area contributed by atoms with Gasteiger partial charge in [0.25, 0.3) is 0 Å². The van der Waals surface area contributed by atoms with Gasteiger partial charge >= 0.3 is 0 Å². The zero-order valence-electron chi connectivity index (χ0n) is 8.21. The Balaban J connectivity index is 2.36. The second kappa shape index (κ2) is 4.69. The molecule has 2 aromatic rings. The highest BCUT2D eigenvalue weighted by molar-refractivity contribution is 9.09. The molecule has 0 aliphatic heterocycles. The summed E-state index contributed by atoms with van der Waals surface area (Å²) < 4.78 is 0. The minimum Gasteiger partial charge on any atom is -0.144 e. The molecule has 0 N–H and O–H groups in total. The van der Waals surface area contributed by atoms with Crippen molar-refractivity contribution in [1.82, 2.24) is 0 Å². The predicted molar refractivity (Wildman–Crippen MR) is 71.3 cm³/mol. The molecule has 0 fully saturated rings. The maximum absolute atomic E-state index is 6.15. The Labute approximate surface area is 107 Å². The topological polar surface area (TPSA) is 0 Å². The van der Waals surface area contributed by atoms with Gasteiger partial charge in [-0.2, -0.15) is 0 Å². The van der Waals surface area contributed by atoms with Gasteiger partial charge in [0.05, 0.1) is 4.83 Å². The van der Waals surface area contributed by atoms with E-state index in [1.54, 1.807) is 11.3 Å². The molecule has 1 aromatic heterocycles. The summed E-state index contributed by atoms with van der Waals surface area (Å²) in [7, 11) is 0. The Kier molecular flexibility index (Phi) is 3.49. The van der Waals surface area contributed by atoms with Gasteiger partial charge < -0.3 is 0 Å². The summed E-state index contributed by atoms with van der Waals surface area (Å²) in [6.45, 7) is 2.11. The van der Waals surface area contributed by atoms with Crippen LogP contribution in [-0.4, -0.2) is 0 Å². The Morgan fingerprint density at radius 1 is 1.20 bits per heavy atom. The molecule has 0 radical (unpaired) electrons. The highest BCUT2D eigenvalue weighted by Gasteiger charge is 2.14. The van der Waals surface area contributed by atoms with Gasteiger partial charge in [0.2, 0.25) is 0 Å². The van der Waals surface area contributed by atoms with E-state index < -0.39 is 0 Å². The van der Waals surface area contributed by atoms with E-state index in [2.05, 4.69) is 41.1 Å². The summed E-state index contributed by atoms with van der Waals surface area (Å²) in [4.78, 5) is 2.81. The van der Waals surface area contributed by atoms with E-state index in [-0.39, 0.29) is 4.83 Å². The Bertz CT molecular complexity index is 464. The van der Waals surface area contributed by atoms with E-state index >= 15 is 0 Å². The van der Waals surface area contributed by atoms with Crippen LogP contribution in [0.15, 0.2) is 36.4 Å². The normalized spacial score (nSPS) is 12.7. The highest BCUT2D eigenvalue weighted by Crippen LogP contribution is 2.38. The Morgan fingerprint density at radius 3 is 2.53 bits per heavy atom. The van der Waals surface area contributed by atoms with E-state index in [4.69, 9.17) is 11.6 Å². The van der Waals surface area contributed by atoms with Crippen molar-refractivity contribution in [2.24, 2.45) is 0 Å². The van der Waals surface area contributed by atoms with Crippen LogP contribution in [0.1, 0.15) is 20.1 Å². The van der Waals surface area contributed by atoms with Crippen LogP contribution in [0, 0.1) is 6.92 Å². The van der Waals surface area contributed by atoms with Gasteiger partial charge in [-0.25, -0.2) is 0 Å². The second-order valence-electron chi connectivity index (χ2n) is 3.33. The number of rotatable bonds is 2. The van der Waals surface area contributed by atoms with Gasteiger partial charge in [-0.15, -0.1) is 11.3 Å². The SMILES string of the molecule is Cc1ccc(C(Br)c2ccccc2Cl)s1. The number of hydrogen-bond acceptors (Lipinski definition) is 1. The number of aryl methyl sites for hydroxylation is 1. The molecule has 1 aromatic carbocycles. The zero-order chi connectivity index (χ0) is 10.8. The molecule has 3 heteroatoms. The van der Waals surface area contributed by atoms with Crippen LogP contribution in [0.25, 0.3) is 0 Å². The van der Waals surface area contributed by atoms with Gasteiger partial charge in [-0.3, -0.25) is 0 Å². The van der Waals surface area contributed by atoms with E-state index in [1.807, 2.05) is 18.2 Å². The third-order valence-corrected chi connectivity index (χ3v) is 4.89. The van der Waals surface area contributed by atoms with E-state index in [9.17, 15) is 0 Å². The van der Waals surface area contributed by atoms with Crippen molar-refractivity contribution >= 4 is 38.9 Å². The second-order valence-corrected chi connectivity index (χ2v) is 5.97. The van der Waals surface area contributed by atoms with Crippen LogP contribution in [0.5, 0.6) is 0 Å². The van der Waals surface area contributed by atoms with Crippen molar-refractivity contribution in [2.45, 2.75) is 11.8 Å². The van der Waals surface area contributed by atoms with Crippen molar-refractivity contribution in [3.63, 3.8) is 0 Å². The molecule has 2 rings (SSSR count). The first kappa shape index (κ1) is 11.2. The summed E-state index contributed by atoms with van der Waals surface area (Å²) in [5.74, 6) is 0. The molecule has 0 saturated carbocycles. The third kappa shape index (κ3) is 2.44. The highest BCUT2D eigenvalue weighted by atomic mass is 79.9. The fourth-order valence-corrected chi connectivity index (χ4v) is 3.51. The van der Waals surface area contributed by atoms with Crippen LogP contribution in [-0.2, 0) is 0 Å². The molecule has 0 bridgehead atoms. The largest absolute Gasteiger partial charge is 0.144 e. The van der Waals surface area contributed by atoms with E-state index in [1.165, 1.54) is 9.75 Å². The zero-order valence-corrected chi connectivity index (χ0v) is 11.4. The molecular weight excluding hydrogens is 292 g/mol. The Hall–Kier alpha value is -0.310. The first-order valence-corrected chi connectivity index (χ1v) is 6.74. The molecule has 78 valence electrons. The first-order chi connectivity index (χ1) is 7.18. The van der Waals surface area contributed by atoms with Gasteiger partial charge in [-0.05, 0) is 30.7 Å². The lowest BCUT2D eigenvalue weighted by molar-refractivity contribution is 1.23. The smallest absolute Gasteiger partial charge is 0.0752 e. The molecule has 0 nitrogen and oxygen atoms in total. The fourth-order valence-electron chi connectivity index (χ4n) is 1.42. The van der Waals surface area contributed by atoms with E-state index in [0.717, 1.165) is 10.6 Å². The first-order valence-electron chi connectivity index (χ1n) is 4.63. The number of benzene rings is 1. The molecule has 1 heterocycles. The van der Waals surface area contributed by atoms with Gasteiger partial charge in [-0.1, -0.05) is 45.7 Å². The summed E-state index contributed by atoms with van der Waals surface area (Å²) in [5.41, 5.74) is 1.13. The number of hydrogen-bond donors (Lipinski definition) is 0. The van der Waals surface area contributed by atoms with Crippen LogP contribution in [0.3, 0.4) is 0 Å².